The molecule has 2 aromatic rings. The van der Waals surface area contributed by atoms with Gasteiger partial charge in [0.1, 0.15) is 5.83 Å². The molecule has 1 N–H and O–H groups in total. The van der Waals surface area contributed by atoms with Gasteiger partial charge in [0.2, 0.25) is 0 Å². The number of hydrogen-bond donors (Lipinski definition) is 1. The maximum absolute atomic E-state index is 12.9. The van der Waals surface area contributed by atoms with Crippen LogP contribution in [0.4, 0.5) is 4.39 Å². The number of nitrogens with zero attached hydrogens (tertiary/aromatic N) is 2. The first-order chi connectivity index (χ1) is 8.20. The van der Waals surface area contributed by atoms with Gasteiger partial charge >= 0.3 is 0 Å². The molecule has 0 spiro atoms. The molecule has 3 nitrogen and oxygen atoms in total. The van der Waals surface area contributed by atoms with Gasteiger partial charge in [0.25, 0.3) is 0 Å². The first-order valence-electron chi connectivity index (χ1n) is 5.26. The first kappa shape index (κ1) is 11.5. The molecule has 4 heteroatoms. The number of halogens is 1. The first-order valence-corrected chi connectivity index (χ1v) is 5.26. The van der Waals surface area contributed by atoms with Crippen molar-refractivity contribution in [1.29, 1.82) is 0 Å². The topological polar surface area (TPSA) is 38.0 Å². The normalized spacial score (nSPS) is 11.8. The second kappa shape index (κ2) is 4.93. The Labute approximate surface area is 98.8 Å². The lowest BCUT2D eigenvalue weighted by Crippen LogP contribution is -1.93. The van der Waals surface area contributed by atoms with Gasteiger partial charge in [-0.15, -0.1) is 0 Å². The van der Waals surface area contributed by atoms with Crippen LogP contribution in [0.2, 0.25) is 0 Å². The second-order valence-corrected chi connectivity index (χ2v) is 3.71. The summed E-state index contributed by atoms with van der Waals surface area (Å²) >= 11 is 0. The minimum atomic E-state index is -0.566. The van der Waals surface area contributed by atoms with Crippen LogP contribution in [-0.2, 0) is 7.05 Å². The number of aromatic nitrogens is 2. The Kier molecular flexibility index (Phi) is 3.35. The summed E-state index contributed by atoms with van der Waals surface area (Å²) in [4.78, 5) is 0. The number of hydrogen-bond acceptors (Lipinski definition) is 2. The fourth-order valence-corrected chi connectivity index (χ4v) is 1.63. The van der Waals surface area contributed by atoms with Crippen LogP contribution in [0.3, 0.4) is 0 Å². The highest BCUT2D eigenvalue weighted by atomic mass is 19.1. The lowest BCUT2D eigenvalue weighted by atomic mass is 10.1. The van der Waals surface area contributed by atoms with Gasteiger partial charge in [-0.25, -0.2) is 4.39 Å². The average molecular weight is 232 g/mol. The molecule has 0 fully saturated rings. The van der Waals surface area contributed by atoms with E-state index in [-0.39, 0.29) is 0 Å². The van der Waals surface area contributed by atoms with Crippen LogP contribution in [0.25, 0.3) is 17.3 Å². The Morgan fingerprint density at radius 1 is 1.35 bits per heavy atom. The summed E-state index contributed by atoms with van der Waals surface area (Å²) in [5.41, 5.74) is 2.75. The molecule has 2 rings (SSSR count). The van der Waals surface area contributed by atoms with Crippen molar-refractivity contribution in [2.75, 3.05) is 6.61 Å². The molecule has 0 amide bonds. The molecule has 1 aromatic heterocycles. The molecule has 1 aromatic carbocycles. The second-order valence-electron chi connectivity index (χ2n) is 3.71. The van der Waals surface area contributed by atoms with Gasteiger partial charge in [-0.3, -0.25) is 4.68 Å². The third-order valence-corrected chi connectivity index (χ3v) is 2.50. The van der Waals surface area contributed by atoms with Crippen molar-refractivity contribution in [1.82, 2.24) is 9.78 Å². The van der Waals surface area contributed by atoms with Crippen molar-refractivity contribution in [3.05, 3.63) is 47.9 Å². The summed E-state index contributed by atoms with van der Waals surface area (Å²) in [6.07, 6.45) is 3.04. The van der Waals surface area contributed by atoms with Crippen LogP contribution in [0.5, 0.6) is 0 Å². The zero-order valence-electron chi connectivity index (χ0n) is 9.47. The molecule has 88 valence electrons. The fraction of sp³-hybridized carbons (Fsp3) is 0.154. The van der Waals surface area contributed by atoms with Crippen LogP contribution >= 0.6 is 0 Å². The monoisotopic (exact) mass is 232 g/mol. The van der Waals surface area contributed by atoms with E-state index in [0.717, 1.165) is 16.8 Å². The summed E-state index contributed by atoms with van der Waals surface area (Å²) < 4.78 is 14.6. The van der Waals surface area contributed by atoms with Gasteiger partial charge in [0, 0.05) is 13.2 Å². The van der Waals surface area contributed by atoms with E-state index in [1.165, 1.54) is 6.08 Å². The van der Waals surface area contributed by atoms with Crippen LogP contribution in [0.1, 0.15) is 5.56 Å². The summed E-state index contributed by atoms with van der Waals surface area (Å²) in [5, 5.41) is 12.7. The third-order valence-electron chi connectivity index (χ3n) is 2.50. The highest BCUT2D eigenvalue weighted by Gasteiger charge is 2.01. The molecule has 0 bridgehead atoms. The van der Waals surface area contributed by atoms with Gasteiger partial charge < -0.3 is 5.11 Å². The lowest BCUT2D eigenvalue weighted by Gasteiger charge is -2.02. The largest absolute Gasteiger partial charge is 0.389 e. The number of rotatable bonds is 3. The predicted molar refractivity (Wildman–Crippen MR) is 64.8 cm³/mol. The highest BCUT2D eigenvalue weighted by molar-refractivity contribution is 5.62. The molecule has 0 aliphatic heterocycles. The maximum Gasteiger partial charge on any atom is 0.126 e. The van der Waals surface area contributed by atoms with E-state index >= 15 is 0 Å². The van der Waals surface area contributed by atoms with E-state index in [1.807, 2.05) is 25.2 Å². The average Bonchev–Trinajstić information content (AvgIpc) is 2.76. The Bertz CT molecular complexity index is 529. The number of benzene rings is 1. The van der Waals surface area contributed by atoms with Gasteiger partial charge in [-0.2, -0.15) is 5.10 Å². The SMILES string of the molecule is Cn1nccc1-c1ccc(/C=C(\F)CO)cc1. The van der Waals surface area contributed by atoms with E-state index in [2.05, 4.69) is 5.10 Å². The number of aliphatic hydroxyl groups is 1. The van der Waals surface area contributed by atoms with Crippen LogP contribution in [0.15, 0.2) is 42.4 Å². The molecule has 0 atom stereocenters. The Balaban J connectivity index is 2.28. The van der Waals surface area contributed by atoms with Crippen LogP contribution in [-0.4, -0.2) is 21.5 Å². The van der Waals surface area contributed by atoms with E-state index in [1.54, 1.807) is 23.0 Å². The van der Waals surface area contributed by atoms with Crippen molar-refractivity contribution in [3.8, 4) is 11.3 Å². The Hall–Kier alpha value is -1.94. The fourth-order valence-electron chi connectivity index (χ4n) is 1.63. The third kappa shape index (κ3) is 2.60. The highest BCUT2D eigenvalue weighted by Crippen LogP contribution is 2.19. The molecule has 0 saturated carbocycles. The zero-order valence-corrected chi connectivity index (χ0v) is 9.47. The standard InChI is InChI=1S/C13H13FN2O/c1-16-13(6-7-15-16)11-4-2-10(3-5-11)8-12(14)9-17/h2-8,17H,9H2,1H3/b12-8-. The van der Waals surface area contributed by atoms with Gasteiger partial charge in [0.15, 0.2) is 0 Å². The Morgan fingerprint density at radius 3 is 2.59 bits per heavy atom. The minimum absolute atomic E-state index is 0.543. The number of aryl methyl sites for hydroxylation is 1. The molecule has 0 saturated heterocycles. The molecule has 0 unspecified atom stereocenters. The quantitative estimate of drug-likeness (QED) is 0.882. The van der Waals surface area contributed by atoms with E-state index in [9.17, 15) is 4.39 Å². The minimum Gasteiger partial charge on any atom is -0.389 e. The van der Waals surface area contributed by atoms with Gasteiger partial charge in [-0.05, 0) is 23.3 Å². The molecule has 17 heavy (non-hydrogen) atoms. The van der Waals surface area contributed by atoms with Crippen molar-refractivity contribution >= 4 is 6.08 Å². The zero-order chi connectivity index (χ0) is 12.3. The smallest absolute Gasteiger partial charge is 0.126 e. The van der Waals surface area contributed by atoms with Crippen molar-refractivity contribution in [2.45, 2.75) is 0 Å². The van der Waals surface area contributed by atoms with Crippen molar-refractivity contribution in [2.24, 2.45) is 7.05 Å². The summed E-state index contributed by atoms with van der Waals surface area (Å²) in [6.45, 7) is -0.566. The predicted octanol–water partition coefficient (Wildman–Crippen LogP) is 2.39. The summed E-state index contributed by atoms with van der Waals surface area (Å²) in [7, 11) is 1.87. The molecule has 1 heterocycles. The van der Waals surface area contributed by atoms with E-state index in [0.29, 0.717) is 0 Å². The number of aliphatic hydroxyl groups excluding tert-OH is 1. The molecular weight excluding hydrogens is 219 g/mol. The van der Waals surface area contributed by atoms with Crippen LogP contribution < -0.4 is 0 Å². The maximum atomic E-state index is 12.9. The molecule has 0 aliphatic rings. The van der Waals surface area contributed by atoms with E-state index in [4.69, 9.17) is 5.11 Å². The van der Waals surface area contributed by atoms with Gasteiger partial charge in [-0.1, -0.05) is 24.3 Å². The Morgan fingerprint density at radius 2 is 2.06 bits per heavy atom. The van der Waals surface area contributed by atoms with Crippen molar-refractivity contribution in [3.63, 3.8) is 0 Å². The molecular formula is C13H13FN2O. The summed E-state index contributed by atoms with van der Waals surface area (Å²) in [6, 6.07) is 9.31. The molecule has 0 radical (unpaired) electrons. The summed E-state index contributed by atoms with van der Waals surface area (Å²) in [5.74, 6) is -0.543. The van der Waals surface area contributed by atoms with Crippen molar-refractivity contribution < 1.29 is 9.50 Å². The lowest BCUT2D eigenvalue weighted by molar-refractivity contribution is 0.300. The van der Waals surface area contributed by atoms with Gasteiger partial charge in [0.05, 0.1) is 12.3 Å². The molecule has 0 aliphatic carbocycles. The van der Waals surface area contributed by atoms with Crippen LogP contribution in [0, 0.1) is 0 Å². The van der Waals surface area contributed by atoms with E-state index < -0.39 is 12.4 Å².